The minimum atomic E-state index is -1.04. The van der Waals surface area contributed by atoms with Gasteiger partial charge in [-0.05, 0) is 42.8 Å². The predicted molar refractivity (Wildman–Crippen MR) is 144 cm³/mol. The van der Waals surface area contributed by atoms with E-state index in [9.17, 15) is 0 Å². The van der Waals surface area contributed by atoms with Crippen LogP contribution in [-0.4, -0.2) is 87.1 Å². The number of rotatable bonds is 6. The first-order valence-corrected chi connectivity index (χ1v) is 13.3. The lowest BCUT2D eigenvalue weighted by molar-refractivity contribution is -0.0386. The number of anilines is 1. The van der Waals surface area contributed by atoms with Gasteiger partial charge in [0.1, 0.15) is 35.5 Å². The first-order chi connectivity index (χ1) is 18.6. The van der Waals surface area contributed by atoms with Crippen LogP contribution in [0.1, 0.15) is 12.5 Å². The van der Waals surface area contributed by atoms with Gasteiger partial charge in [0.15, 0.2) is 5.65 Å². The molecule has 3 N–H and O–H groups in total. The monoisotopic (exact) mass is 514 g/mol. The van der Waals surface area contributed by atoms with Crippen molar-refractivity contribution in [2.75, 3.05) is 45.0 Å². The zero-order valence-corrected chi connectivity index (χ0v) is 21.1. The van der Waals surface area contributed by atoms with Gasteiger partial charge in [-0.1, -0.05) is 18.2 Å². The molecule has 9 nitrogen and oxygen atoms in total. The van der Waals surface area contributed by atoms with Crippen molar-refractivity contribution in [1.29, 1.82) is 0 Å². The summed E-state index contributed by atoms with van der Waals surface area (Å²) in [5.74, 6) is 1.82. The van der Waals surface area contributed by atoms with Crippen molar-refractivity contribution < 1.29 is 9.13 Å². The Morgan fingerprint density at radius 1 is 0.895 bits per heavy atom. The zero-order valence-electron chi connectivity index (χ0n) is 21.1. The van der Waals surface area contributed by atoms with Gasteiger partial charge < -0.3 is 15.8 Å². The molecule has 0 saturated carbocycles. The topological polar surface area (TPSA) is 97.4 Å². The van der Waals surface area contributed by atoms with E-state index in [1.165, 1.54) is 6.33 Å². The number of nitrogen functional groups attached to an aromatic ring is 1. The van der Waals surface area contributed by atoms with Gasteiger partial charge in [-0.3, -0.25) is 9.80 Å². The first-order valence-electron chi connectivity index (χ1n) is 13.3. The van der Waals surface area contributed by atoms with E-state index in [-0.39, 0.29) is 0 Å². The van der Waals surface area contributed by atoms with Crippen LogP contribution in [0, 0.1) is 0 Å². The van der Waals surface area contributed by atoms with Crippen LogP contribution < -0.4 is 15.8 Å². The lowest BCUT2D eigenvalue weighted by Crippen LogP contribution is -2.69. The van der Waals surface area contributed by atoms with Crippen molar-refractivity contribution in [3.8, 4) is 22.8 Å². The fourth-order valence-electron chi connectivity index (χ4n) is 5.81. The Bertz CT molecular complexity index is 1420. The molecule has 38 heavy (non-hydrogen) atoms. The Kier molecular flexibility index (Phi) is 5.95. The molecule has 5 heterocycles. The number of alkyl halides is 1. The normalized spacial score (nSPS) is 23.3. The Balaban J connectivity index is 1.12. The second-order valence-electron chi connectivity index (χ2n) is 10.5. The number of hydrogen-bond donors (Lipinski definition) is 2. The number of ether oxygens (including phenoxy) is 1. The number of nitrogens with zero attached hydrogens (tertiary/aromatic N) is 6. The highest BCUT2D eigenvalue weighted by atomic mass is 19.1. The van der Waals surface area contributed by atoms with Gasteiger partial charge in [0.05, 0.1) is 11.4 Å². The van der Waals surface area contributed by atoms with Gasteiger partial charge >= 0.3 is 0 Å². The number of para-hydroxylation sites is 1. The molecule has 196 valence electrons. The highest BCUT2D eigenvalue weighted by Crippen LogP contribution is 2.36. The smallest absolute Gasteiger partial charge is 0.164 e. The molecule has 0 amide bonds. The Morgan fingerprint density at radius 3 is 2.37 bits per heavy atom. The number of nitrogens with one attached hydrogen (secondary N) is 1. The number of piperidine rings is 1. The third-order valence-electron chi connectivity index (χ3n) is 8.16. The fourth-order valence-corrected chi connectivity index (χ4v) is 5.81. The van der Waals surface area contributed by atoms with Crippen LogP contribution in [0.15, 0.2) is 60.9 Å². The van der Waals surface area contributed by atoms with Crippen LogP contribution in [0.3, 0.4) is 0 Å². The van der Waals surface area contributed by atoms with Crippen LogP contribution >= 0.6 is 0 Å². The number of fused-ring (bicyclic) bond motifs is 1. The van der Waals surface area contributed by atoms with Crippen LogP contribution in [0.2, 0.25) is 0 Å². The molecule has 7 rings (SSSR count). The van der Waals surface area contributed by atoms with E-state index in [0.29, 0.717) is 53.3 Å². The second-order valence-corrected chi connectivity index (χ2v) is 10.5. The highest BCUT2D eigenvalue weighted by molar-refractivity contribution is 5.98. The van der Waals surface area contributed by atoms with Crippen molar-refractivity contribution in [3.63, 3.8) is 0 Å². The molecule has 4 aromatic rings. The molecule has 0 radical (unpaired) electrons. The van der Waals surface area contributed by atoms with E-state index in [1.807, 2.05) is 54.6 Å². The molecular weight excluding hydrogens is 483 g/mol. The first kappa shape index (κ1) is 23.5. The van der Waals surface area contributed by atoms with E-state index < -0.39 is 12.2 Å². The van der Waals surface area contributed by atoms with E-state index in [0.717, 1.165) is 44.0 Å². The van der Waals surface area contributed by atoms with Crippen LogP contribution in [-0.2, 0) is 0 Å². The lowest BCUT2D eigenvalue weighted by atomic mass is 9.96. The minimum absolute atomic E-state index is 0.341. The van der Waals surface area contributed by atoms with Gasteiger partial charge in [0.25, 0.3) is 0 Å². The summed E-state index contributed by atoms with van der Waals surface area (Å²) in [6.07, 6.45) is 1.06. The largest absolute Gasteiger partial charge is 0.457 e. The summed E-state index contributed by atoms with van der Waals surface area (Å²) in [7, 11) is 0. The Morgan fingerprint density at radius 2 is 1.66 bits per heavy atom. The van der Waals surface area contributed by atoms with E-state index in [1.54, 1.807) is 4.68 Å². The molecular formula is C28H31FN8O. The molecule has 1 unspecified atom stereocenters. The maximum atomic E-state index is 15.7. The van der Waals surface area contributed by atoms with Gasteiger partial charge in [0.2, 0.25) is 0 Å². The van der Waals surface area contributed by atoms with E-state index in [4.69, 9.17) is 15.6 Å². The number of benzene rings is 2. The molecule has 3 saturated heterocycles. The second kappa shape index (κ2) is 9.61. The summed E-state index contributed by atoms with van der Waals surface area (Å²) >= 11 is 0. The predicted octanol–water partition coefficient (Wildman–Crippen LogP) is 3.11. The number of nitrogens with two attached hydrogens (primary N) is 1. The summed E-state index contributed by atoms with van der Waals surface area (Å²) in [5, 5.41) is 8.87. The van der Waals surface area contributed by atoms with Crippen LogP contribution in [0.4, 0.5) is 10.2 Å². The highest BCUT2D eigenvalue weighted by Gasteiger charge is 2.42. The molecule has 10 heteroatoms. The molecule has 3 fully saturated rings. The SMILES string of the molecule is Nc1ncnc2c1c(-c1ccc(Oc3ccccc3)cc1)nn2C1CCN(C2CN(C3CNC3)C2)C[C@@H]1F. The van der Waals surface area contributed by atoms with E-state index in [2.05, 4.69) is 25.1 Å². The number of halogens is 1. The van der Waals surface area contributed by atoms with Gasteiger partial charge in [-0.2, -0.15) is 5.10 Å². The van der Waals surface area contributed by atoms with Gasteiger partial charge in [-0.25, -0.2) is 19.0 Å². The molecule has 3 aliphatic heterocycles. The summed E-state index contributed by atoms with van der Waals surface area (Å²) < 4.78 is 23.4. The number of likely N-dealkylation sites (tertiary alicyclic amines) is 2. The van der Waals surface area contributed by atoms with Crippen LogP contribution in [0.25, 0.3) is 22.3 Å². The molecule has 0 spiro atoms. The summed E-state index contributed by atoms with van der Waals surface area (Å²) in [5.41, 5.74) is 8.39. The zero-order chi connectivity index (χ0) is 25.6. The quantitative estimate of drug-likeness (QED) is 0.405. The average Bonchev–Trinajstić information content (AvgIpc) is 3.26. The average molecular weight is 515 g/mol. The summed E-state index contributed by atoms with van der Waals surface area (Å²) in [4.78, 5) is 13.5. The molecule has 3 aliphatic rings. The molecule has 0 bridgehead atoms. The van der Waals surface area contributed by atoms with Crippen LogP contribution in [0.5, 0.6) is 11.5 Å². The maximum Gasteiger partial charge on any atom is 0.164 e. The third kappa shape index (κ3) is 4.18. The van der Waals surface area contributed by atoms with Crippen molar-refractivity contribution in [1.82, 2.24) is 34.9 Å². The Labute approximate surface area is 220 Å². The van der Waals surface area contributed by atoms with Crippen molar-refractivity contribution in [2.45, 2.75) is 30.7 Å². The molecule has 0 aliphatic carbocycles. The van der Waals surface area contributed by atoms with Gasteiger partial charge in [0, 0.05) is 56.9 Å². The molecule has 2 aromatic heterocycles. The van der Waals surface area contributed by atoms with E-state index >= 15 is 4.39 Å². The van der Waals surface area contributed by atoms with Crippen molar-refractivity contribution in [2.24, 2.45) is 0 Å². The fraction of sp³-hybridized carbons (Fsp3) is 0.393. The standard InChI is InChI=1S/C28H31FN8O/c29-23-16-35(20-14-36(15-20)19-12-31-13-19)11-10-24(23)37-28-25(27(30)32-17-33-28)26(34-37)18-6-8-22(9-7-18)38-21-4-2-1-3-5-21/h1-9,17,19-20,23-24,31H,10-16H2,(H2,30,32,33)/t23-,24?/m0/s1. The Hall–Kier alpha value is -3.60. The lowest BCUT2D eigenvalue weighted by Gasteiger charge is -2.53. The van der Waals surface area contributed by atoms with Crippen molar-refractivity contribution >= 4 is 16.9 Å². The molecule has 2 atom stereocenters. The summed E-state index contributed by atoms with van der Waals surface area (Å²) in [6.45, 7) is 5.47. The summed E-state index contributed by atoms with van der Waals surface area (Å²) in [6, 6.07) is 18.0. The number of hydrogen-bond acceptors (Lipinski definition) is 8. The molecule has 2 aromatic carbocycles. The minimum Gasteiger partial charge on any atom is -0.457 e. The number of aromatic nitrogens is 4. The maximum absolute atomic E-state index is 15.7. The van der Waals surface area contributed by atoms with Crippen molar-refractivity contribution in [3.05, 3.63) is 60.9 Å². The third-order valence-corrected chi connectivity index (χ3v) is 8.16. The van der Waals surface area contributed by atoms with Gasteiger partial charge in [-0.15, -0.1) is 0 Å².